The third-order valence-corrected chi connectivity index (χ3v) is 4.02. The van der Waals surface area contributed by atoms with Crippen molar-refractivity contribution in [3.63, 3.8) is 0 Å². The second-order valence-electron chi connectivity index (χ2n) is 5.70. The van der Waals surface area contributed by atoms with Gasteiger partial charge in [0.05, 0.1) is 19.5 Å². The molecule has 132 valence electrons. The Morgan fingerprint density at radius 2 is 1.88 bits per heavy atom. The van der Waals surface area contributed by atoms with Crippen LogP contribution in [0.4, 0.5) is 13.2 Å². The summed E-state index contributed by atoms with van der Waals surface area (Å²) in [7, 11) is 0. The number of aromatic nitrogens is 1. The van der Waals surface area contributed by atoms with E-state index in [2.05, 4.69) is 4.98 Å². The molecule has 0 spiro atoms. The highest BCUT2D eigenvalue weighted by Crippen LogP contribution is 2.29. The molecule has 0 radical (unpaired) electrons. The van der Waals surface area contributed by atoms with Gasteiger partial charge >= 0.3 is 6.18 Å². The molecule has 1 aromatic heterocycles. The highest BCUT2D eigenvalue weighted by atomic mass is 35.5. The van der Waals surface area contributed by atoms with Gasteiger partial charge in [-0.05, 0) is 23.8 Å². The summed E-state index contributed by atoms with van der Waals surface area (Å²) in [5.41, 5.74) is -0.154. The largest absolute Gasteiger partial charge is 0.471 e. The fourth-order valence-electron chi connectivity index (χ4n) is 2.41. The predicted octanol–water partition coefficient (Wildman–Crippen LogP) is 3.59. The smallest absolute Gasteiger partial charge is 0.433 e. The number of halogens is 4. The number of rotatable bonds is 4. The van der Waals surface area contributed by atoms with Crippen molar-refractivity contribution >= 4 is 17.5 Å². The summed E-state index contributed by atoms with van der Waals surface area (Å²) < 4.78 is 43.3. The molecular weight excluding hydrogens is 357 g/mol. The second kappa shape index (κ2) is 6.92. The van der Waals surface area contributed by atoms with Gasteiger partial charge in [-0.15, -0.1) is 0 Å². The highest BCUT2D eigenvalue weighted by molar-refractivity contribution is 6.30. The molecule has 1 aliphatic heterocycles. The van der Waals surface area contributed by atoms with E-state index in [9.17, 15) is 18.0 Å². The molecule has 0 aliphatic carbocycles. The monoisotopic (exact) mass is 370 g/mol. The normalized spacial score (nSPS) is 15.0. The number of amides is 1. The molecule has 8 heteroatoms. The standard InChI is InChI=1S/C17H14ClF3N2O2/c18-12-6-4-11(5-7-12)8-16(24)23-9-13(10-23)25-15-3-1-2-14(22-15)17(19,20)21/h1-7,13H,8-10H2. The Kier molecular flexibility index (Phi) is 4.85. The molecule has 1 amide bonds. The average molecular weight is 371 g/mol. The lowest BCUT2D eigenvalue weighted by Crippen LogP contribution is -2.56. The zero-order valence-corrected chi connectivity index (χ0v) is 13.7. The maximum atomic E-state index is 12.6. The molecule has 1 fully saturated rings. The van der Waals surface area contributed by atoms with E-state index in [0.717, 1.165) is 11.6 Å². The average Bonchev–Trinajstić information content (AvgIpc) is 2.52. The van der Waals surface area contributed by atoms with Crippen molar-refractivity contribution < 1.29 is 22.7 Å². The highest BCUT2D eigenvalue weighted by Gasteiger charge is 2.35. The number of pyridine rings is 1. The van der Waals surface area contributed by atoms with Crippen LogP contribution in [0.15, 0.2) is 42.5 Å². The Labute approximate surface area is 147 Å². The molecule has 1 aromatic carbocycles. The molecule has 4 nitrogen and oxygen atoms in total. The first-order chi connectivity index (χ1) is 11.8. The Hall–Kier alpha value is -2.28. The van der Waals surface area contributed by atoms with E-state index in [0.29, 0.717) is 18.1 Å². The van der Waals surface area contributed by atoms with Gasteiger partial charge in [-0.1, -0.05) is 29.8 Å². The maximum Gasteiger partial charge on any atom is 0.433 e. The van der Waals surface area contributed by atoms with Crippen LogP contribution in [0.25, 0.3) is 0 Å². The van der Waals surface area contributed by atoms with Gasteiger partial charge in [0, 0.05) is 11.1 Å². The van der Waals surface area contributed by atoms with Crippen molar-refractivity contribution in [3.8, 4) is 5.88 Å². The van der Waals surface area contributed by atoms with Crippen LogP contribution >= 0.6 is 11.6 Å². The van der Waals surface area contributed by atoms with Gasteiger partial charge < -0.3 is 9.64 Å². The number of benzene rings is 1. The topological polar surface area (TPSA) is 42.4 Å². The van der Waals surface area contributed by atoms with Crippen LogP contribution in [0.2, 0.25) is 5.02 Å². The summed E-state index contributed by atoms with van der Waals surface area (Å²) >= 11 is 5.80. The molecule has 0 unspecified atom stereocenters. The van der Waals surface area contributed by atoms with Crippen LogP contribution in [0, 0.1) is 0 Å². The minimum atomic E-state index is -4.51. The van der Waals surface area contributed by atoms with Crippen LogP contribution in [0.5, 0.6) is 5.88 Å². The van der Waals surface area contributed by atoms with Gasteiger partial charge in [-0.2, -0.15) is 13.2 Å². The Morgan fingerprint density at radius 1 is 1.20 bits per heavy atom. The van der Waals surface area contributed by atoms with E-state index in [-0.39, 0.29) is 24.3 Å². The number of hydrogen-bond donors (Lipinski definition) is 0. The zero-order valence-electron chi connectivity index (χ0n) is 13.0. The summed E-state index contributed by atoms with van der Waals surface area (Å²) in [6.07, 6.45) is -4.63. The quantitative estimate of drug-likeness (QED) is 0.826. The van der Waals surface area contributed by atoms with E-state index in [4.69, 9.17) is 16.3 Å². The molecule has 0 bridgehead atoms. The van der Waals surface area contributed by atoms with E-state index in [1.165, 1.54) is 12.1 Å². The van der Waals surface area contributed by atoms with Crippen LogP contribution in [0.1, 0.15) is 11.3 Å². The Balaban J connectivity index is 1.51. The van der Waals surface area contributed by atoms with E-state index < -0.39 is 11.9 Å². The molecule has 3 rings (SSSR count). The van der Waals surface area contributed by atoms with E-state index >= 15 is 0 Å². The minimum Gasteiger partial charge on any atom is -0.471 e. The molecule has 0 N–H and O–H groups in total. The lowest BCUT2D eigenvalue weighted by molar-refractivity contribution is -0.141. The van der Waals surface area contributed by atoms with Gasteiger partial charge in [0.1, 0.15) is 11.8 Å². The number of ether oxygens (including phenoxy) is 1. The third-order valence-electron chi connectivity index (χ3n) is 3.77. The van der Waals surface area contributed by atoms with Crippen molar-refractivity contribution in [2.24, 2.45) is 0 Å². The second-order valence-corrected chi connectivity index (χ2v) is 6.14. The van der Waals surface area contributed by atoms with E-state index in [1.807, 2.05) is 0 Å². The minimum absolute atomic E-state index is 0.0702. The van der Waals surface area contributed by atoms with Gasteiger partial charge in [-0.3, -0.25) is 4.79 Å². The molecule has 1 aliphatic rings. The van der Waals surface area contributed by atoms with Crippen LogP contribution < -0.4 is 4.74 Å². The van der Waals surface area contributed by atoms with Crippen molar-refractivity contribution in [3.05, 3.63) is 58.7 Å². The van der Waals surface area contributed by atoms with Gasteiger partial charge in [0.25, 0.3) is 0 Å². The SMILES string of the molecule is O=C(Cc1ccc(Cl)cc1)N1CC(Oc2cccc(C(F)(F)F)n2)C1. The van der Waals surface area contributed by atoms with Crippen LogP contribution in [-0.2, 0) is 17.4 Å². The first-order valence-electron chi connectivity index (χ1n) is 7.54. The summed E-state index contributed by atoms with van der Waals surface area (Å²) in [6, 6.07) is 10.5. The van der Waals surface area contributed by atoms with Crippen molar-refractivity contribution in [2.45, 2.75) is 18.7 Å². The van der Waals surface area contributed by atoms with Crippen molar-refractivity contribution in [1.82, 2.24) is 9.88 Å². The van der Waals surface area contributed by atoms with Crippen LogP contribution in [-0.4, -0.2) is 35.0 Å². The number of likely N-dealkylation sites (tertiary alicyclic amines) is 1. The first-order valence-corrected chi connectivity index (χ1v) is 7.92. The molecule has 2 aromatic rings. The predicted molar refractivity (Wildman–Crippen MR) is 85.4 cm³/mol. The fourth-order valence-corrected chi connectivity index (χ4v) is 2.54. The summed E-state index contributed by atoms with van der Waals surface area (Å²) in [4.78, 5) is 17.2. The number of nitrogens with zero attached hydrogens (tertiary/aromatic N) is 2. The number of carbonyl (C=O) groups excluding carboxylic acids is 1. The molecule has 25 heavy (non-hydrogen) atoms. The lowest BCUT2D eigenvalue weighted by Gasteiger charge is -2.38. The molecule has 0 saturated carbocycles. The maximum absolute atomic E-state index is 12.6. The number of hydrogen-bond acceptors (Lipinski definition) is 3. The fraction of sp³-hybridized carbons (Fsp3) is 0.294. The number of alkyl halides is 3. The third kappa shape index (κ3) is 4.42. The van der Waals surface area contributed by atoms with E-state index in [1.54, 1.807) is 29.2 Å². The molecular formula is C17H14ClF3N2O2. The summed E-state index contributed by atoms with van der Waals surface area (Å²) in [5.74, 6) is -0.163. The van der Waals surface area contributed by atoms with Crippen molar-refractivity contribution in [1.29, 1.82) is 0 Å². The lowest BCUT2D eigenvalue weighted by atomic mass is 10.1. The van der Waals surface area contributed by atoms with Gasteiger partial charge in [0.2, 0.25) is 11.8 Å². The first kappa shape index (κ1) is 17.5. The molecule has 0 atom stereocenters. The Bertz CT molecular complexity index is 759. The van der Waals surface area contributed by atoms with Crippen molar-refractivity contribution in [2.75, 3.05) is 13.1 Å². The summed E-state index contributed by atoms with van der Waals surface area (Å²) in [5, 5.41) is 0.599. The number of carbonyl (C=O) groups is 1. The zero-order chi connectivity index (χ0) is 18.0. The van der Waals surface area contributed by atoms with Gasteiger partial charge in [-0.25, -0.2) is 4.98 Å². The summed E-state index contributed by atoms with van der Waals surface area (Å²) in [6.45, 7) is 0.648. The molecule has 2 heterocycles. The van der Waals surface area contributed by atoms with Gasteiger partial charge in [0.15, 0.2) is 0 Å². The van der Waals surface area contributed by atoms with Crippen LogP contribution in [0.3, 0.4) is 0 Å². The molecule has 1 saturated heterocycles. The Morgan fingerprint density at radius 3 is 2.52 bits per heavy atom.